The second-order valence-electron chi connectivity index (χ2n) is 3.21. The van der Waals surface area contributed by atoms with E-state index >= 15 is 0 Å². The summed E-state index contributed by atoms with van der Waals surface area (Å²) in [5.41, 5.74) is 0. The molecule has 2 heteroatoms. The highest BCUT2D eigenvalue weighted by atomic mass is 16.3. The maximum Gasteiger partial charge on any atom is 0.109 e. The van der Waals surface area contributed by atoms with E-state index in [2.05, 4.69) is 6.58 Å². The zero-order valence-corrected chi connectivity index (χ0v) is 7.17. The summed E-state index contributed by atoms with van der Waals surface area (Å²) in [5, 5.41) is 9.26. The summed E-state index contributed by atoms with van der Waals surface area (Å²) in [6.07, 6.45) is 2.45. The van der Waals surface area contributed by atoms with Gasteiger partial charge in [0.1, 0.15) is 12.6 Å². The van der Waals surface area contributed by atoms with E-state index in [1.54, 1.807) is 0 Å². The Morgan fingerprint density at radius 1 is 1.60 bits per heavy atom. The lowest BCUT2D eigenvalue weighted by Gasteiger charge is -2.26. The maximum absolute atomic E-state index is 9.26. The molecule has 1 N–H and O–H groups in total. The molecule has 0 spiro atoms. The van der Waals surface area contributed by atoms with Crippen LogP contribution in [-0.2, 0) is 0 Å². The average molecular weight is 144 g/mol. The van der Waals surface area contributed by atoms with Crippen molar-refractivity contribution in [3.63, 3.8) is 0 Å². The van der Waals surface area contributed by atoms with Crippen molar-refractivity contribution in [3.05, 3.63) is 12.8 Å². The normalized spacial score (nSPS) is 14.8. The number of aliphatic hydroxyl groups is 1. The Morgan fingerprint density at radius 2 is 2.10 bits per heavy atom. The lowest BCUT2D eigenvalue weighted by atomic mass is 10.2. The molecule has 2 nitrogen and oxygen atoms in total. The van der Waals surface area contributed by atoms with Crippen molar-refractivity contribution in [1.29, 1.82) is 0 Å². The molecule has 10 heavy (non-hydrogen) atoms. The smallest absolute Gasteiger partial charge is 0.109 e. The molecule has 60 valence electrons. The number of quaternary nitrogens is 1. The largest absolute Gasteiger partial charge is 0.387 e. The van der Waals surface area contributed by atoms with Crippen LogP contribution in [0.4, 0.5) is 0 Å². The van der Waals surface area contributed by atoms with Gasteiger partial charge in [0.05, 0.1) is 20.3 Å². The minimum absolute atomic E-state index is 0.201. The molecule has 0 aliphatic heterocycles. The Labute approximate surface area is 63.4 Å². The van der Waals surface area contributed by atoms with E-state index in [1.165, 1.54) is 0 Å². The van der Waals surface area contributed by atoms with Gasteiger partial charge in [0.15, 0.2) is 0 Å². The zero-order valence-electron chi connectivity index (χ0n) is 7.17. The molecule has 0 saturated carbocycles. The summed E-state index contributed by atoms with van der Waals surface area (Å²) >= 11 is 0. The fourth-order valence-electron chi connectivity index (χ4n) is 0.747. The first-order valence-electron chi connectivity index (χ1n) is 3.66. The molecule has 0 aromatic heterocycles. The summed E-state index contributed by atoms with van der Waals surface area (Å²) in [7, 11) is 4.04. The van der Waals surface area contributed by atoms with E-state index in [0.717, 1.165) is 13.0 Å². The number of hydrogen-bond donors (Lipinski definition) is 1. The molecule has 0 amide bonds. The van der Waals surface area contributed by atoms with Gasteiger partial charge >= 0.3 is 0 Å². The molecular weight excluding hydrogens is 126 g/mol. The van der Waals surface area contributed by atoms with Crippen LogP contribution in [0, 0.1) is 0 Å². The molecule has 0 aromatic rings. The summed E-state index contributed by atoms with van der Waals surface area (Å²) in [6.45, 7) is 6.41. The van der Waals surface area contributed by atoms with E-state index < -0.39 is 0 Å². The number of aliphatic hydroxyl groups excluding tert-OH is 1. The van der Waals surface area contributed by atoms with Gasteiger partial charge in [-0.3, -0.25) is 0 Å². The standard InChI is InChI=1S/C8H18NO/c1-5-8(10)7-9(3,4)6-2/h6,8,10H,2,5,7H2,1,3-4H3/q+1. The average Bonchev–Trinajstić information content (AvgIpc) is 1.87. The second-order valence-corrected chi connectivity index (χ2v) is 3.21. The van der Waals surface area contributed by atoms with Crippen LogP contribution in [0.3, 0.4) is 0 Å². The molecule has 1 atom stereocenters. The lowest BCUT2D eigenvalue weighted by Crippen LogP contribution is -2.39. The van der Waals surface area contributed by atoms with Crippen LogP contribution in [0.2, 0.25) is 0 Å². The van der Waals surface area contributed by atoms with Crippen molar-refractivity contribution in [3.8, 4) is 0 Å². The predicted molar refractivity (Wildman–Crippen MR) is 43.5 cm³/mol. The number of hydrogen-bond acceptors (Lipinski definition) is 1. The topological polar surface area (TPSA) is 20.2 Å². The van der Waals surface area contributed by atoms with Crippen LogP contribution in [0.25, 0.3) is 0 Å². The minimum Gasteiger partial charge on any atom is -0.387 e. The molecule has 0 heterocycles. The highest BCUT2D eigenvalue weighted by Gasteiger charge is 2.14. The third kappa shape index (κ3) is 3.64. The fourth-order valence-corrected chi connectivity index (χ4v) is 0.747. The molecule has 0 aliphatic rings. The Balaban J connectivity index is 3.75. The van der Waals surface area contributed by atoms with Gasteiger partial charge in [0, 0.05) is 0 Å². The van der Waals surface area contributed by atoms with Gasteiger partial charge in [-0.25, -0.2) is 0 Å². The van der Waals surface area contributed by atoms with Crippen molar-refractivity contribution in [2.75, 3.05) is 20.6 Å². The zero-order chi connectivity index (χ0) is 8.20. The molecular formula is C8H18NO+. The number of likely N-dealkylation sites (N-methyl/N-ethyl adjacent to an activating group) is 1. The van der Waals surface area contributed by atoms with Gasteiger partial charge in [0.2, 0.25) is 0 Å². The highest BCUT2D eigenvalue weighted by molar-refractivity contribution is 4.56. The highest BCUT2D eigenvalue weighted by Crippen LogP contribution is 2.01. The Bertz CT molecular complexity index is 110. The maximum atomic E-state index is 9.26. The van der Waals surface area contributed by atoms with Crippen molar-refractivity contribution in [2.24, 2.45) is 0 Å². The SMILES string of the molecule is C=C[N+](C)(C)CC(O)CC. The van der Waals surface area contributed by atoms with Gasteiger partial charge in [-0.2, -0.15) is 0 Å². The summed E-state index contributed by atoms with van der Waals surface area (Å²) in [5.74, 6) is 0. The Morgan fingerprint density at radius 3 is 2.40 bits per heavy atom. The Hall–Kier alpha value is -0.340. The van der Waals surface area contributed by atoms with E-state index in [0.29, 0.717) is 4.48 Å². The molecule has 0 fully saturated rings. The summed E-state index contributed by atoms with van der Waals surface area (Å²) in [4.78, 5) is 0. The van der Waals surface area contributed by atoms with E-state index in [9.17, 15) is 5.11 Å². The molecule has 0 saturated heterocycles. The predicted octanol–water partition coefficient (Wildman–Crippen LogP) is 0.977. The summed E-state index contributed by atoms with van der Waals surface area (Å²) in [6, 6.07) is 0. The van der Waals surface area contributed by atoms with Crippen LogP contribution >= 0.6 is 0 Å². The fraction of sp³-hybridized carbons (Fsp3) is 0.750. The number of nitrogens with zero attached hydrogens (tertiary/aromatic N) is 1. The molecule has 0 bridgehead atoms. The van der Waals surface area contributed by atoms with Crippen LogP contribution in [0.1, 0.15) is 13.3 Å². The van der Waals surface area contributed by atoms with Crippen molar-refractivity contribution < 1.29 is 9.59 Å². The third-order valence-electron chi connectivity index (χ3n) is 1.65. The van der Waals surface area contributed by atoms with Crippen molar-refractivity contribution in [1.82, 2.24) is 0 Å². The third-order valence-corrected chi connectivity index (χ3v) is 1.65. The quantitative estimate of drug-likeness (QED) is 0.583. The summed E-state index contributed by atoms with van der Waals surface area (Å²) < 4.78 is 0.676. The van der Waals surface area contributed by atoms with Gasteiger partial charge in [-0.15, -0.1) is 0 Å². The lowest BCUT2D eigenvalue weighted by molar-refractivity contribution is -0.842. The number of rotatable bonds is 4. The molecule has 0 radical (unpaired) electrons. The van der Waals surface area contributed by atoms with Crippen LogP contribution in [0.15, 0.2) is 12.8 Å². The van der Waals surface area contributed by atoms with Gasteiger partial charge in [0.25, 0.3) is 0 Å². The van der Waals surface area contributed by atoms with E-state index in [4.69, 9.17) is 0 Å². The first kappa shape index (κ1) is 9.66. The van der Waals surface area contributed by atoms with Crippen LogP contribution in [0.5, 0.6) is 0 Å². The van der Waals surface area contributed by atoms with E-state index in [1.807, 2.05) is 27.2 Å². The first-order chi connectivity index (χ1) is 4.52. The van der Waals surface area contributed by atoms with Crippen molar-refractivity contribution >= 4 is 0 Å². The first-order valence-corrected chi connectivity index (χ1v) is 3.66. The molecule has 0 aliphatic carbocycles. The molecule has 0 aromatic carbocycles. The van der Waals surface area contributed by atoms with Gasteiger partial charge in [-0.1, -0.05) is 6.92 Å². The molecule has 0 rings (SSSR count). The van der Waals surface area contributed by atoms with Gasteiger partial charge in [-0.05, 0) is 13.0 Å². The van der Waals surface area contributed by atoms with Crippen molar-refractivity contribution in [2.45, 2.75) is 19.4 Å². The molecule has 1 unspecified atom stereocenters. The Kier molecular flexibility index (Phi) is 3.61. The van der Waals surface area contributed by atoms with Crippen LogP contribution in [-0.4, -0.2) is 36.3 Å². The van der Waals surface area contributed by atoms with E-state index in [-0.39, 0.29) is 6.10 Å². The van der Waals surface area contributed by atoms with Crippen LogP contribution < -0.4 is 0 Å². The van der Waals surface area contributed by atoms with Gasteiger partial charge < -0.3 is 9.59 Å². The monoisotopic (exact) mass is 144 g/mol. The minimum atomic E-state index is -0.201. The second kappa shape index (κ2) is 3.74.